The summed E-state index contributed by atoms with van der Waals surface area (Å²) >= 11 is 0. The van der Waals surface area contributed by atoms with Gasteiger partial charge in [0.25, 0.3) is 0 Å². The van der Waals surface area contributed by atoms with Crippen LogP contribution < -0.4 is 0 Å². The molecule has 0 aromatic heterocycles. The maximum atomic E-state index is 12.2. The minimum absolute atomic E-state index is 0.185. The van der Waals surface area contributed by atoms with E-state index in [1.165, 1.54) is 12.1 Å². The van der Waals surface area contributed by atoms with Crippen molar-refractivity contribution in [3.8, 4) is 0 Å². The van der Waals surface area contributed by atoms with Gasteiger partial charge in [0.2, 0.25) is 0 Å². The van der Waals surface area contributed by atoms with Crippen molar-refractivity contribution in [2.24, 2.45) is 0 Å². The topological polar surface area (TPSA) is 37.3 Å². The highest BCUT2D eigenvalue weighted by atomic mass is 19.4. The number of hydrogen-bond acceptors (Lipinski definition) is 1. The first kappa shape index (κ1) is 12.5. The molecule has 1 aromatic rings. The Labute approximate surface area is 90.7 Å². The van der Waals surface area contributed by atoms with Crippen molar-refractivity contribution in [2.75, 3.05) is 0 Å². The normalized spacial score (nSPS) is 13.5. The van der Waals surface area contributed by atoms with E-state index in [0.29, 0.717) is 0 Å². The van der Waals surface area contributed by atoms with Gasteiger partial charge in [-0.25, -0.2) is 0 Å². The number of rotatable bonds is 3. The second-order valence-corrected chi connectivity index (χ2v) is 3.62. The average molecular weight is 232 g/mol. The fraction of sp³-hybridized carbons (Fsp3) is 0.364. The van der Waals surface area contributed by atoms with Crippen molar-refractivity contribution < 1.29 is 23.1 Å². The molecule has 1 aromatic carbocycles. The summed E-state index contributed by atoms with van der Waals surface area (Å²) in [5, 5.41) is 8.78. The van der Waals surface area contributed by atoms with Gasteiger partial charge in [-0.3, -0.25) is 4.79 Å². The van der Waals surface area contributed by atoms with E-state index in [9.17, 15) is 18.0 Å². The predicted molar refractivity (Wildman–Crippen MR) is 52.2 cm³/mol. The molecule has 0 heterocycles. The van der Waals surface area contributed by atoms with E-state index in [-0.39, 0.29) is 5.56 Å². The van der Waals surface area contributed by atoms with Gasteiger partial charge in [-0.2, -0.15) is 13.2 Å². The van der Waals surface area contributed by atoms with Crippen LogP contribution in [0.4, 0.5) is 13.2 Å². The lowest BCUT2D eigenvalue weighted by Gasteiger charge is -2.15. The maximum absolute atomic E-state index is 12.2. The van der Waals surface area contributed by atoms with Gasteiger partial charge >= 0.3 is 12.1 Å². The fourth-order valence-corrected chi connectivity index (χ4v) is 1.47. The zero-order valence-corrected chi connectivity index (χ0v) is 8.58. The Bertz CT molecular complexity index is 385. The molecule has 0 saturated carbocycles. The number of carboxylic acids is 1. The van der Waals surface area contributed by atoms with Crippen molar-refractivity contribution in [3.63, 3.8) is 0 Å². The molecular weight excluding hydrogens is 221 g/mol. The number of aliphatic carboxylic acids is 1. The third-order valence-electron chi connectivity index (χ3n) is 2.18. The molecule has 0 amide bonds. The van der Waals surface area contributed by atoms with E-state index in [2.05, 4.69) is 0 Å². The molecule has 0 aliphatic rings. The van der Waals surface area contributed by atoms with Gasteiger partial charge in [0.15, 0.2) is 0 Å². The van der Waals surface area contributed by atoms with Gasteiger partial charge in [0.1, 0.15) is 0 Å². The van der Waals surface area contributed by atoms with Crippen LogP contribution >= 0.6 is 0 Å². The number of halogens is 3. The molecular formula is C11H11F3O2. The summed E-state index contributed by atoms with van der Waals surface area (Å²) < 4.78 is 36.6. The molecule has 0 aliphatic carbocycles. The summed E-state index contributed by atoms with van der Waals surface area (Å²) in [6, 6.07) is 6.12. The summed E-state index contributed by atoms with van der Waals surface area (Å²) in [6.07, 6.45) is -5.82. The highest BCUT2D eigenvalue weighted by Gasteiger charge is 2.36. The standard InChI is InChI=1S/C11H11F3O2/c1-7-3-2-4-8(5-7)9(10(15)16)6-11(12,13)14/h2-5,9H,6H2,1H3,(H,15,16)/t9-/m1/s1. The van der Waals surface area contributed by atoms with Gasteiger partial charge in [-0.1, -0.05) is 29.8 Å². The van der Waals surface area contributed by atoms with Crippen LogP contribution in [0.2, 0.25) is 0 Å². The van der Waals surface area contributed by atoms with Crippen LogP contribution in [0.3, 0.4) is 0 Å². The molecule has 88 valence electrons. The van der Waals surface area contributed by atoms with Crippen LogP contribution in [-0.2, 0) is 4.79 Å². The van der Waals surface area contributed by atoms with E-state index in [0.717, 1.165) is 5.56 Å². The number of carbonyl (C=O) groups is 1. The minimum atomic E-state index is -4.48. The molecule has 0 unspecified atom stereocenters. The van der Waals surface area contributed by atoms with Crippen LogP contribution in [0, 0.1) is 6.92 Å². The summed E-state index contributed by atoms with van der Waals surface area (Å²) in [5.74, 6) is -2.98. The molecule has 16 heavy (non-hydrogen) atoms. The Hall–Kier alpha value is -1.52. The third-order valence-corrected chi connectivity index (χ3v) is 2.18. The molecule has 1 atom stereocenters. The average Bonchev–Trinajstić information content (AvgIpc) is 2.12. The van der Waals surface area contributed by atoms with Crippen molar-refractivity contribution in [3.05, 3.63) is 35.4 Å². The summed E-state index contributed by atoms with van der Waals surface area (Å²) in [7, 11) is 0. The first-order valence-corrected chi connectivity index (χ1v) is 4.66. The molecule has 0 saturated heterocycles. The molecule has 0 aliphatic heterocycles. The lowest BCUT2D eigenvalue weighted by Crippen LogP contribution is -2.20. The van der Waals surface area contributed by atoms with Crippen molar-refractivity contribution in [1.29, 1.82) is 0 Å². The van der Waals surface area contributed by atoms with Gasteiger partial charge in [0, 0.05) is 0 Å². The zero-order valence-electron chi connectivity index (χ0n) is 8.58. The Morgan fingerprint density at radius 1 is 1.44 bits per heavy atom. The van der Waals surface area contributed by atoms with Gasteiger partial charge in [0.05, 0.1) is 12.3 Å². The Kier molecular flexibility index (Phi) is 3.57. The lowest BCUT2D eigenvalue weighted by atomic mass is 9.94. The lowest BCUT2D eigenvalue weighted by molar-refractivity contribution is -0.157. The highest BCUT2D eigenvalue weighted by molar-refractivity contribution is 5.76. The molecule has 5 heteroatoms. The Morgan fingerprint density at radius 3 is 2.50 bits per heavy atom. The van der Waals surface area contributed by atoms with Crippen LogP contribution in [-0.4, -0.2) is 17.3 Å². The Morgan fingerprint density at radius 2 is 2.06 bits per heavy atom. The number of benzene rings is 1. The van der Waals surface area contributed by atoms with Crippen molar-refractivity contribution >= 4 is 5.97 Å². The van der Waals surface area contributed by atoms with E-state index < -0.39 is 24.5 Å². The fourth-order valence-electron chi connectivity index (χ4n) is 1.47. The molecule has 2 nitrogen and oxygen atoms in total. The number of hydrogen-bond donors (Lipinski definition) is 1. The zero-order chi connectivity index (χ0) is 12.3. The van der Waals surface area contributed by atoms with Gasteiger partial charge in [-0.15, -0.1) is 0 Å². The second-order valence-electron chi connectivity index (χ2n) is 3.62. The number of aryl methyl sites for hydroxylation is 1. The highest BCUT2D eigenvalue weighted by Crippen LogP contribution is 2.31. The summed E-state index contributed by atoms with van der Waals surface area (Å²) in [5.41, 5.74) is 0.927. The third kappa shape index (κ3) is 3.56. The van der Waals surface area contributed by atoms with E-state index >= 15 is 0 Å². The quantitative estimate of drug-likeness (QED) is 0.869. The molecule has 1 rings (SSSR count). The first-order valence-electron chi connectivity index (χ1n) is 4.66. The van der Waals surface area contributed by atoms with E-state index in [1.807, 2.05) is 0 Å². The molecule has 0 radical (unpaired) electrons. The maximum Gasteiger partial charge on any atom is 0.390 e. The number of alkyl halides is 3. The molecule has 0 fully saturated rings. The molecule has 0 bridgehead atoms. The van der Waals surface area contributed by atoms with Crippen molar-refractivity contribution in [1.82, 2.24) is 0 Å². The smallest absolute Gasteiger partial charge is 0.390 e. The second kappa shape index (κ2) is 4.55. The van der Waals surface area contributed by atoms with Crippen LogP contribution in [0.15, 0.2) is 24.3 Å². The van der Waals surface area contributed by atoms with Crippen LogP contribution in [0.1, 0.15) is 23.5 Å². The van der Waals surface area contributed by atoms with E-state index in [4.69, 9.17) is 5.11 Å². The minimum Gasteiger partial charge on any atom is -0.481 e. The van der Waals surface area contributed by atoms with Gasteiger partial charge in [-0.05, 0) is 12.5 Å². The summed E-state index contributed by atoms with van der Waals surface area (Å²) in [4.78, 5) is 10.8. The predicted octanol–water partition coefficient (Wildman–Crippen LogP) is 3.12. The van der Waals surface area contributed by atoms with E-state index in [1.54, 1.807) is 19.1 Å². The Balaban J connectivity index is 2.99. The summed E-state index contributed by atoms with van der Waals surface area (Å²) in [6.45, 7) is 1.70. The molecule has 1 N–H and O–H groups in total. The van der Waals surface area contributed by atoms with Crippen LogP contribution in [0.5, 0.6) is 0 Å². The van der Waals surface area contributed by atoms with Crippen molar-refractivity contribution in [2.45, 2.75) is 25.4 Å². The first-order chi connectivity index (χ1) is 7.29. The SMILES string of the molecule is Cc1cccc([C@@H](CC(F)(F)F)C(=O)O)c1. The monoisotopic (exact) mass is 232 g/mol. The largest absolute Gasteiger partial charge is 0.481 e. The molecule has 0 spiro atoms. The van der Waals surface area contributed by atoms with Crippen LogP contribution in [0.25, 0.3) is 0 Å². The van der Waals surface area contributed by atoms with Gasteiger partial charge < -0.3 is 5.11 Å². The number of carboxylic acid groups (broad SMARTS) is 1.